The summed E-state index contributed by atoms with van der Waals surface area (Å²) in [5, 5.41) is 0.639. The third-order valence-electron chi connectivity index (χ3n) is 3.96. The van der Waals surface area contributed by atoms with Crippen molar-refractivity contribution >= 4 is 17.4 Å². The molecule has 23 heavy (non-hydrogen) atoms. The van der Waals surface area contributed by atoms with E-state index in [1.54, 1.807) is 6.20 Å². The van der Waals surface area contributed by atoms with Gasteiger partial charge in [0.15, 0.2) is 0 Å². The number of carbonyl (C=O) groups is 1. The first-order valence-corrected chi connectivity index (χ1v) is 7.79. The van der Waals surface area contributed by atoms with Gasteiger partial charge < -0.3 is 4.57 Å². The largest absolute Gasteiger partial charge is 0.345 e. The molecule has 3 rings (SSSR count). The number of rotatable bonds is 4. The number of carbonyl (C=O) groups excluding carboxylic acids is 1. The highest BCUT2D eigenvalue weighted by Gasteiger charge is 2.15. The molecule has 1 aromatic carbocycles. The zero-order chi connectivity index (χ0) is 16.4. The highest BCUT2D eigenvalue weighted by Crippen LogP contribution is 2.19. The number of pyridine rings is 1. The van der Waals surface area contributed by atoms with Gasteiger partial charge in [-0.3, -0.25) is 9.78 Å². The summed E-state index contributed by atoms with van der Waals surface area (Å²) in [4.78, 5) is 17.0. The third-order valence-corrected chi connectivity index (χ3v) is 4.30. The minimum Gasteiger partial charge on any atom is -0.345 e. The molecule has 0 aliphatic rings. The summed E-state index contributed by atoms with van der Waals surface area (Å²) >= 11 is 6.17. The van der Waals surface area contributed by atoms with Gasteiger partial charge >= 0.3 is 0 Å². The summed E-state index contributed by atoms with van der Waals surface area (Å²) in [6, 6.07) is 15.1. The lowest BCUT2D eigenvalue weighted by molar-refractivity contribution is 0.103. The van der Waals surface area contributed by atoms with Crippen molar-refractivity contribution in [3.63, 3.8) is 0 Å². The zero-order valence-corrected chi connectivity index (χ0v) is 13.8. The van der Waals surface area contributed by atoms with Crippen molar-refractivity contribution in [1.82, 2.24) is 9.55 Å². The van der Waals surface area contributed by atoms with Crippen LogP contribution in [0, 0.1) is 6.92 Å². The normalized spacial score (nSPS) is 10.7. The molecule has 0 N–H and O–H groups in total. The summed E-state index contributed by atoms with van der Waals surface area (Å²) in [7, 11) is 1.90. The van der Waals surface area contributed by atoms with Gasteiger partial charge in [0.1, 0.15) is 0 Å². The van der Waals surface area contributed by atoms with Gasteiger partial charge in [0.2, 0.25) is 5.78 Å². The Morgan fingerprint density at radius 3 is 2.57 bits per heavy atom. The smallest absolute Gasteiger partial charge is 0.209 e. The zero-order valence-electron chi connectivity index (χ0n) is 13.1. The van der Waals surface area contributed by atoms with Crippen LogP contribution in [0.2, 0.25) is 5.02 Å². The molecule has 0 unspecified atom stereocenters. The molecule has 0 aliphatic carbocycles. The molecule has 3 aromatic rings. The van der Waals surface area contributed by atoms with E-state index in [1.807, 2.05) is 67.1 Å². The Kier molecular flexibility index (Phi) is 4.30. The molecule has 0 saturated heterocycles. The van der Waals surface area contributed by atoms with E-state index in [9.17, 15) is 4.79 Å². The van der Waals surface area contributed by atoms with E-state index in [4.69, 9.17) is 11.6 Å². The van der Waals surface area contributed by atoms with Crippen molar-refractivity contribution < 1.29 is 4.79 Å². The highest BCUT2D eigenvalue weighted by molar-refractivity contribution is 6.31. The molecule has 0 atom stereocenters. The molecule has 0 spiro atoms. The fourth-order valence-electron chi connectivity index (χ4n) is 2.53. The standard InChI is InChI=1S/C19H17ClN2O/c1-13-5-7-14(8-6-13)19(23)18-10-9-15(22(18)2)12-17-16(20)4-3-11-21-17/h3-11H,12H2,1-2H3. The van der Waals surface area contributed by atoms with Crippen LogP contribution in [0.1, 0.15) is 33.0 Å². The second-order valence-electron chi connectivity index (χ2n) is 5.57. The summed E-state index contributed by atoms with van der Waals surface area (Å²) in [5.74, 6) is 0.0193. The van der Waals surface area contributed by atoms with Crippen LogP contribution in [0.4, 0.5) is 0 Å². The van der Waals surface area contributed by atoms with E-state index in [0.29, 0.717) is 22.7 Å². The van der Waals surface area contributed by atoms with Crippen LogP contribution in [0.3, 0.4) is 0 Å². The lowest BCUT2D eigenvalue weighted by Crippen LogP contribution is -2.10. The number of hydrogen-bond acceptors (Lipinski definition) is 2. The van der Waals surface area contributed by atoms with Gasteiger partial charge in [0.25, 0.3) is 0 Å². The number of aryl methyl sites for hydroxylation is 1. The van der Waals surface area contributed by atoms with Crippen molar-refractivity contribution in [1.29, 1.82) is 0 Å². The maximum atomic E-state index is 12.6. The Bertz CT molecular complexity index is 850. The lowest BCUT2D eigenvalue weighted by atomic mass is 10.1. The van der Waals surface area contributed by atoms with E-state index < -0.39 is 0 Å². The summed E-state index contributed by atoms with van der Waals surface area (Å²) in [6.45, 7) is 2.01. The Balaban J connectivity index is 1.89. The van der Waals surface area contributed by atoms with E-state index in [2.05, 4.69) is 4.98 Å². The summed E-state index contributed by atoms with van der Waals surface area (Å²) in [5.41, 5.74) is 4.31. The molecular formula is C19H17ClN2O. The molecule has 0 radical (unpaired) electrons. The maximum absolute atomic E-state index is 12.6. The van der Waals surface area contributed by atoms with E-state index in [1.165, 1.54) is 0 Å². The van der Waals surface area contributed by atoms with Crippen LogP contribution < -0.4 is 0 Å². The van der Waals surface area contributed by atoms with Gasteiger partial charge in [-0.15, -0.1) is 0 Å². The van der Waals surface area contributed by atoms with Gasteiger partial charge in [-0.2, -0.15) is 0 Å². The lowest BCUT2D eigenvalue weighted by Gasteiger charge is -2.08. The van der Waals surface area contributed by atoms with Crippen LogP contribution in [-0.2, 0) is 13.5 Å². The van der Waals surface area contributed by atoms with Crippen molar-refractivity contribution in [2.45, 2.75) is 13.3 Å². The minimum atomic E-state index is 0.0193. The molecular weight excluding hydrogens is 308 g/mol. The molecule has 2 aromatic heterocycles. The van der Waals surface area contributed by atoms with Crippen molar-refractivity contribution in [3.8, 4) is 0 Å². The molecule has 0 bridgehead atoms. The van der Waals surface area contributed by atoms with Crippen LogP contribution in [0.5, 0.6) is 0 Å². The number of hydrogen-bond donors (Lipinski definition) is 0. The number of halogens is 1. The van der Waals surface area contributed by atoms with Gasteiger partial charge in [0, 0.05) is 30.9 Å². The first-order valence-electron chi connectivity index (χ1n) is 7.41. The van der Waals surface area contributed by atoms with Gasteiger partial charge in [-0.1, -0.05) is 41.4 Å². The second-order valence-corrected chi connectivity index (χ2v) is 5.98. The Hall–Kier alpha value is -2.39. The summed E-state index contributed by atoms with van der Waals surface area (Å²) < 4.78 is 1.91. The van der Waals surface area contributed by atoms with Crippen LogP contribution >= 0.6 is 11.6 Å². The molecule has 4 heteroatoms. The summed E-state index contributed by atoms with van der Waals surface area (Å²) in [6.07, 6.45) is 2.32. The first-order chi connectivity index (χ1) is 11.1. The Morgan fingerprint density at radius 2 is 1.87 bits per heavy atom. The van der Waals surface area contributed by atoms with Gasteiger partial charge in [-0.05, 0) is 31.2 Å². The molecule has 2 heterocycles. The average Bonchev–Trinajstić information content (AvgIpc) is 2.91. The van der Waals surface area contributed by atoms with Crippen LogP contribution in [0.25, 0.3) is 0 Å². The molecule has 116 valence electrons. The minimum absolute atomic E-state index is 0.0193. The van der Waals surface area contributed by atoms with E-state index in [0.717, 1.165) is 17.0 Å². The van der Waals surface area contributed by atoms with Crippen molar-refractivity contribution in [2.75, 3.05) is 0 Å². The fraction of sp³-hybridized carbons (Fsp3) is 0.158. The molecule has 3 nitrogen and oxygen atoms in total. The van der Waals surface area contributed by atoms with Gasteiger partial charge in [0.05, 0.1) is 16.4 Å². The van der Waals surface area contributed by atoms with Crippen LogP contribution in [0.15, 0.2) is 54.7 Å². The number of nitrogens with zero attached hydrogens (tertiary/aromatic N) is 2. The Morgan fingerprint density at radius 1 is 1.13 bits per heavy atom. The van der Waals surface area contributed by atoms with Crippen LogP contribution in [-0.4, -0.2) is 15.3 Å². The Labute approximate surface area is 140 Å². The molecule has 0 saturated carbocycles. The van der Waals surface area contributed by atoms with Crippen molar-refractivity contribution in [3.05, 3.63) is 88.0 Å². The predicted molar refractivity (Wildman–Crippen MR) is 92.1 cm³/mol. The van der Waals surface area contributed by atoms with Gasteiger partial charge in [-0.25, -0.2) is 0 Å². The third kappa shape index (κ3) is 3.20. The maximum Gasteiger partial charge on any atom is 0.209 e. The molecule has 0 fully saturated rings. The second kappa shape index (κ2) is 6.39. The predicted octanol–water partition coefficient (Wildman–Crippen LogP) is 4.20. The average molecular weight is 325 g/mol. The van der Waals surface area contributed by atoms with Crippen molar-refractivity contribution in [2.24, 2.45) is 7.05 Å². The topological polar surface area (TPSA) is 34.9 Å². The molecule has 0 aliphatic heterocycles. The number of aromatic nitrogens is 2. The van der Waals surface area contributed by atoms with E-state index >= 15 is 0 Å². The number of benzene rings is 1. The number of ketones is 1. The van der Waals surface area contributed by atoms with E-state index in [-0.39, 0.29) is 5.78 Å². The monoisotopic (exact) mass is 324 g/mol. The first kappa shape index (κ1) is 15.5. The quantitative estimate of drug-likeness (QED) is 0.674. The SMILES string of the molecule is Cc1ccc(C(=O)c2ccc(Cc3ncccc3Cl)n2C)cc1. The highest BCUT2D eigenvalue weighted by atomic mass is 35.5. The molecule has 0 amide bonds. The fourth-order valence-corrected chi connectivity index (χ4v) is 2.72.